The van der Waals surface area contributed by atoms with Gasteiger partial charge in [-0.05, 0) is 36.8 Å². The first kappa shape index (κ1) is 26.3. The van der Waals surface area contributed by atoms with Gasteiger partial charge in [-0.3, -0.25) is 0 Å². The molecule has 0 amide bonds. The number of allylic oxidation sites excluding steroid dienone is 1. The molecule has 0 spiro atoms. The molecule has 8 nitrogen and oxygen atoms in total. The summed E-state index contributed by atoms with van der Waals surface area (Å²) in [5.41, 5.74) is 9.11. The minimum Gasteiger partial charge on any atom is -0.497 e. The molecule has 9 heteroatoms. The summed E-state index contributed by atoms with van der Waals surface area (Å²) in [7, 11) is 1.55. The minimum absolute atomic E-state index is 0.0940. The average molecular weight is 525 g/mol. The number of carbonyl (C=O) groups is 1. The summed E-state index contributed by atoms with van der Waals surface area (Å²) in [4.78, 5) is 17.9. The highest BCUT2D eigenvalue weighted by molar-refractivity contribution is 7.99. The van der Waals surface area contributed by atoms with Crippen molar-refractivity contribution in [3.05, 3.63) is 101 Å². The molecule has 1 atom stereocenters. The first-order valence-corrected chi connectivity index (χ1v) is 12.7. The fourth-order valence-electron chi connectivity index (χ4n) is 4.03. The second-order valence-corrected chi connectivity index (χ2v) is 9.04. The van der Waals surface area contributed by atoms with Crippen LogP contribution in [0.5, 0.6) is 5.75 Å². The van der Waals surface area contributed by atoms with Gasteiger partial charge in [-0.1, -0.05) is 54.2 Å². The van der Waals surface area contributed by atoms with E-state index in [4.69, 9.17) is 19.9 Å². The van der Waals surface area contributed by atoms with Crippen molar-refractivity contribution in [3.63, 3.8) is 0 Å². The van der Waals surface area contributed by atoms with E-state index in [0.717, 1.165) is 5.56 Å². The van der Waals surface area contributed by atoms with Crippen LogP contribution >= 0.6 is 11.8 Å². The van der Waals surface area contributed by atoms with E-state index in [1.54, 1.807) is 50.4 Å². The standard InChI is InChI=1S/C29H24N4O4S/c1-3-36-29(34)26-24(37-27(32)22(16-31)25(26)19-9-12-21(35-2)13-10-19)17-38-28-20(15-30)11-14-23(33-28)18-7-5-4-6-8-18/h4-14,25H,3,17,32H2,1-2H3/t25-/m0/s1. The number of nitriles is 2. The number of aromatic nitrogens is 1. The Kier molecular flexibility index (Phi) is 8.32. The zero-order valence-corrected chi connectivity index (χ0v) is 21.6. The zero-order valence-electron chi connectivity index (χ0n) is 20.8. The molecule has 0 fully saturated rings. The first-order chi connectivity index (χ1) is 18.5. The van der Waals surface area contributed by atoms with Crippen LogP contribution in [0.25, 0.3) is 11.3 Å². The third kappa shape index (κ3) is 5.49. The Morgan fingerprint density at radius 1 is 1.08 bits per heavy atom. The maximum atomic E-state index is 13.2. The van der Waals surface area contributed by atoms with Gasteiger partial charge in [0.05, 0.1) is 42.2 Å². The van der Waals surface area contributed by atoms with Gasteiger partial charge >= 0.3 is 5.97 Å². The van der Waals surface area contributed by atoms with Crippen molar-refractivity contribution in [2.45, 2.75) is 17.9 Å². The molecule has 190 valence electrons. The van der Waals surface area contributed by atoms with Gasteiger partial charge < -0.3 is 19.9 Å². The maximum absolute atomic E-state index is 13.2. The lowest BCUT2D eigenvalue weighted by Gasteiger charge is -2.28. The van der Waals surface area contributed by atoms with Crippen LogP contribution in [0.3, 0.4) is 0 Å². The molecule has 3 aromatic rings. The summed E-state index contributed by atoms with van der Waals surface area (Å²) in [5.74, 6) is -0.517. The van der Waals surface area contributed by atoms with E-state index in [0.29, 0.717) is 27.6 Å². The predicted molar refractivity (Wildman–Crippen MR) is 142 cm³/mol. The molecule has 2 N–H and O–H groups in total. The molecule has 2 aromatic carbocycles. The van der Waals surface area contributed by atoms with Gasteiger partial charge in [-0.25, -0.2) is 9.78 Å². The van der Waals surface area contributed by atoms with Crippen LogP contribution in [-0.4, -0.2) is 30.4 Å². The zero-order chi connectivity index (χ0) is 27.1. The Hall–Kier alpha value is -4.73. The number of ether oxygens (including phenoxy) is 3. The Labute approximate surface area is 225 Å². The van der Waals surface area contributed by atoms with E-state index in [2.05, 4.69) is 17.1 Å². The number of hydrogen-bond acceptors (Lipinski definition) is 9. The highest BCUT2D eigenvalue weighted by Crippen LogP contribution is 2.41. The van der Waals surface area contributed by atoms with Gasteiger partial charge in [0.1, 0.15) is 34.2 Å². The Bertz CT molecular complexity index is 1490. The summed E-state index contributed by atoms with van der Waals surface area (Å²) < 4.78 is 16.4. The molecule has 2 heterocycles. The SMILES string of the molecule is CCOC(=O)C1=C(CSc2nc(-c3ccccc3)ccc2C#N)OC(N)=C(C#N)[C@@H]1c1ccc(OC)cc1. The summed E-state index contributed by atoms with van der Waals surface area (Å²) in [6.07, 6.45) is 0. The number of thioether (sulfide) groups is 1. The van der Waals surface area contributed by atoms with Crippen molar-refractivity contribution >= 4 is 17.7 Å². The smallest absolute Gasteiger partial charge is 0.338 e. The van der Waals surface area contributed by atoms with Crippen LogP contribution in [0.4, 0.5) is 0 Å². The quantitative estimate of drug-likeness (QED) is 0.318. The second-order valence-electron chi connectivity index (χ2n) is 8.07. The highest BCUT2D eigenvalue weighted by Gasteiger charge is 2.37. The number of nitrogens with zero attached hydrogens (tertiary/aromatic N) is 3. The van der Waals surface area contributed by atoms with E-state index in [1.165, 1.54) is 11.8 Å². The third-order valence-corrected chi connectivity index (χ3v) is 6.82. The van der Waals surface area contributed by atoms with Gasteiger partial charge in [0.2, 0.25) is 5.88 Å². The van der Waals surface area contributed by atoms with Crippen LogP contribution in [0.1, 0.15) is 24.0 Å². The monoisotopic (exact) mass is 524 g/mol. The van der Waals surface area contributed by atoms with Gasteiger partial charge in [-0.2, -0.15) is 10.5 Å². The number of esters is 1. The third-order valence-electron chi connectivity index (χ3n) is 5.83. The molecule has 1 aliphatic rings. The van der Waals surface area contributed by atoms with Crippen molar-refractivity contribution in [3.8, 4) is 29.1 Å². The maximum Gasteiger partial charge on any atom is 0.338 e. The number of pyridine rings is 1. The van der Waals surface area contributed by atoms with Gasteiger partial charge in [-0.15, -0.1) is 0 Å². The van der Waals surface area contributed by atoms with Crippen LogP contribution < -0.4 is 10.5 Å². The number of benzene rings is 2. The number of carbonyl (C=O) groups excluding carboxylic acids is 1. The Morgan fingerprint density at radius 3 is 2.45 bits per heavy atom. The van der Waals surface area contributed by atoms with Crippen molar-refractivity contribution in [2.24, 2.45) is 5.73 Å². The van der Waals surface area contributed by atoms with Crippen molar-refractivity contribution in [2.75, 3.05) is 19.5 Å². The lowest BCUT2D eigenvalue weighted by Crippen LogP contribution is -2.27. The topological polar surface area (TPSA) is 131 Å². The minimum atomic E-state index is -0.798. The lowest BCUT2D eigenvalue weighted by atomic mass is 9.83. The molecule has 38 heavy (non-hydrogen) atoms. The molecule has 4 rings (SSSR count). The summed E-state index contributed by atoms with van der Waals surface area (Å²) in [5, 5.41) is 20.1. The average Bonchev–Trinajstić information content (AvgIpc) is 2.96. The molecule has 0 radical (unpaired) electrons. The molecular formula is C29H24N4O4S. The van der Waals surface area contributed by atoms with E-state index in [9.17, 15) is 15.3 Å². The first-order valence-electron chi connectivity index (χ1n) is 11.7. The summed E-state index contributed by atoms with van der Waals surface area (Å²) in [6.45, 7) is 1.84. The Morgan fingerprint density at radius 2 is 1.82 bits per heavy atom. The van der Waals surface area contributed by atoms with Crippen molar-refractivity contribution in [1.29, 1.82) is 10.5 Å². The fourth-order valence-corrected chi connectivity index (χ4v) is 4.94. The van der Waals surface area contributed by atoms with Crippen LogP contribution in [-0.2, 0) is 14.3 Å². The second kappa shape index (κ2) is 12.0. The molecule has 1 aromatic heterocycles. The van der Waals surface area contributed by atoms with E-state index in [1.807, 2.05) is 30.3 Å². The molecule has 0 aliphatic carbocycles. The van der Waals surface area contributed by atoms with Crippen molar-refractivity contribution < 1.29 is 19.0 Å². The van der Waals surface area contributed by atoms with Crippen molar-refractivity contribution in [1.82, 2.24) is 4.98 Å². The molecule has 0 saturated carbocycles. The number of rotatable bonds is 8. The highest BCUT2D eigenvalue weighted by atomic mass is 32.2. The molecule has 0 unspecified atom stereocenters. The molecule has 1 aliphatic heterocycles. The largest absolute Gasteiger partial charge is 0.497 e. The molecule has 0 bridgehead atoms. The van der Waals surface area contributed by atoms with E-state index >= 15 is 0 Å². The van der Waals surface area contributed by atoms with Gasteiger partial charge in [0, 0.05) is 5.56 Å². The van der Waals surface area contributed by atoms with Gasteiger partial charge in [0.15, 0.2) is 0 Å². The van der Waals surface area contributed by atoms with Crippen LogP contribution in [0, 0.1) is 22.7 Å². The Balaban J connectivity index is 1.76. The lowest BCUT2D eigenvalue weighted by molar-refractivity contribution is -0.139. The molecule has 0 saturated heterocycles. The van der Waals surface area contributed by atoms with Crippen LogP contribution in [0.15, 0.2) is 94.5 Å². The van der Waals surface area contributed by atoms with E-state index in [-0.39, 0.29) is 35.1 Å². The number of hydrogen-bond donors (Lipinski definition) is 1. The number of nitrogens with two attached hydrogens (primary N) is 1. The normalized spacial score (nSPS) is 14.8. The molecular weight excluding hydrogens is 500 g/mol. The number of methoxy groups -OCH3 is 1. The van der Waals surface area contributed by atoms with Gasteiger partial charge in [0.25, 0.3) is 0 Å². The summed E-state index contributed by atoms with van der Waals surface area (Å²) in [6, 6.07) is 24.4. The fraction of sp³-hybridized carbons (Fsp3) is 0.172. The predicted octanol–water partition coefficient (Wildman–Crippen LogP) is 5.05. The van der Waals surface area contributed by atoms with Crippen LogP contribution in [0.2, 0.25) is 0 Å². The summed E-state index contributed by atoms with van der Waals surface area (Å²) >= 11 is 1.24. The van der Waals surface area contributed by atoms with E-state index < -0.39 is 11.9 Å².